The van der Waals surface area contributed by atoms with Gasteiger partial charge in [-0.25, -0.2) is 4.39 Å². The summed E-state index contributed by atoms with van der Waals surface area (Å²) in [7, 11) is 0. The Hall–Kier alpha value is -3.01. The molecule has 46 heavy (non-hydrogen) atoms. The van der Waals surface area contributed by atoms with Crippen LogP contribution < -0.4 is 10.6 Å². The molecule has 0 radical (unpaired) electrons. The molecule has 0 aliphatic carbocycles. The van der Waals surface area contributed by atoms with Gasteiger partial charge in [-0.15, -0.1) is 0 Å². The van der Waals surface area contributed by atoms with Gasteiger partial charge >= 0.3 is 0 Å². The molecule has 2 fully saturated rings. The molecule has 2 aromatic rings. The second-order valence-electron chi connectivity index (χ2n) is 13.6. The van der Waals surface area contributed by atoms with Crippen molar-refractivity contribution < 1.29 is 18.8 Å². The van der Waals surface area contributed by atoms with E-state index in [9.17, 15) is 18.8 Å². The summed E-state index contributed by atoms with van der Waals surface area (Å²) in [4.78, 5) is 45.8. The monoisotopic (exact) mass is 653 g/mol. The van der Waals surface area contributed by atoms with Gasteiger partial charge < -0.3 is 20.4 Å². The van der Waals surface area contributed by atoms with Gasteiger partial charge in [0, 0.05) is 75.6 Å². The van der Waals surface area contributed by atoms with Crippen LogP contribution in [0, 0.1) is 11.7 Å². The summed E-state index contributed by atoms with van der Waals surface area (Å²) in [6.45, 7) is 10.6. The number of carbonyl (C=O) groups excluding carboxylic acids is 3. The van der Waals surface area contributed by atoms with E-state index in [0.717, 1.165) is 63.8 Å². The molecular weight excluding hydrogens is 605 g/mol. The van der Waals surface area contributed by atoms with E-state index >= 15 is 0 Å². The molecule has 0 spiro atoms. The van der Waals surface area contributed by atoms with Crippen molar-refractivity contribution in [2.75, 3.05) is 39.3 Å². The number of benzene rings is 2. The normalized spacial score (nSPS) is 20.1. The molecule has 2 saturated heterocycles. The molecule has 3 heterocycles. The van der Waals surface area contributed by atoms with Crippen molar-refractivity contribution in [2.24, 2.45) is 5.92 Å². The fourth-order valence-corrected chi connectivity index (χ4v) is 7.65. The van der Waals surface area contributed by atoms with Gasteiger partial charge in [-0.05, 0) is 73.4 Å². The largest absolute Gasteiger partial charge is 0.344 e. The van der Waals surface area contributed by atoms with Crippen LogP contribution in [0.15, 0.2) is 42.5 Å². The molecule has 3 aliphatic heterocycles. The molecular formula is C36H49ClFN5O3. The highest BCUT2D eigenvalue weighted by atomic mass is 35.5. The highest BCUT2D eigenvalue weighted by Crippen LogP contribution is 2.28. The number of hydrogen-bond donors (Lipinski definition) is 2. The van der Waals surface area contributed by atoms with Gasteiger partial charge in [0.15, 0.2) is 0 Å². The van der Waals surface area contributed by atoms with Crippen LogP contribution >= 0.6 is 11.6 Å². The maximum Gasteiger partial charge on any atom is 0.245 e. The lowest BCUT2D eigenvalue weighted by atomic mass is 9.92. The van der Waals surface area contributed by atoms with E-state index in [1.165, 1.54) is 11.6 Å². The summed E-state index contributed by atoms with van der Waals surface area (Å²) < 4.78 is 14.9. The van der Waals surface area contributed by atoms with Crippen LogP contribution in [0.2, 0.25) is 5.02 Å². The Labute approximate surface area is 278 Å². The maximum absolute atomic E-state index is 14.9. The Morgan fingerprint density at radius 1 is 1.00 bits per heavy atom. The molecule has 0 aromatic heterocycles. The molecule has 0 bridgehead atoms. The van der Waals surface area contributed by atoms with Crippen molar-refractivity contribution in [3.63, 3.8) is 0 Å². The number of rotatable bonds is 10. The molecule has 250 valence electrons. The summed E-state index contributed by atoms with van der Waals surface area (Å²) >= 11 is 6.01. The third-order valence-electron chi connectivity index (χ3n) is 9.88. The smallest absolute Gasteiger partial charge is 0.245 e. The zero-order valence-electron chi connectivity index (χ0n) is 27.4. The van der Waals surface area contributed by atoms with Crippen LogP contribution in [0.1, 0.15) is 75.6 Å². The van der Waals surface area contributed by atoms with Crippen LogP contribution in [-0.2, 0) is 27.2 Å². The van der Waals surface area contributed by atoms with Crippen LogP contribution in [-0.4, -0.2) is 89.8 Å². The number of carbonyl (C=O) groups is 3. The van der Waals surface area contributed by atoms with Gasteiger partial charge in [0.1, 0.15) is 11.9 Å². The van der Waals surface area contributed by atoms with E-state index in [1.54, 1.807) is 19.1 Å². The molecule has 5 rings (SSSR count). The highest BCUT2D eigenvalue weighted by Gasteiger charge is 2.36. The fourth-order valence-electron chi connectivity index (χ4n) is 7.49. The molecule has 0 saturated carbocycles. The summed E-state index contributed by atoms with van der Waals surface area (Å²) in [6.07, 6.45) is 4.76. The van der Waals surface area contributed by atoms with Gasteiger partial charge in [-0.1, -0.05) is 55.8 Å². The number of nitrogens with zero attached hydrogens (tertiary/aromatic N) is 3. The van der Waals surface area contributed by atoms with E-state index in [-0.39, 0.29) is 41.6 Å². The van der Waals surface area contributed by atoms with Gasteiger partial charge in [0.25, 0.3) is 0 Å². The van der Waals surface area contributed by atoms with Gasteiger partial charge in [-0.3, -0.25) is 19.3 Å². The number of likely N-dealkylation sites (tertiary alicyclic amines) is 2. The van der Waals surface area contributed by atoms with Crippen molar-refractivity contribution in [3.05, 3.63) is 70.0 Å². The lowest BCUT2D eigenvalue weighted by Gasteiger charge is -2.46. The molecule has 0 unspecified atom stereocenters. The Morgan fingerprint density at radius 2 is 1.65 bits per heavy atom. The number of piperidine rings is 2. The van der Waals surface area contributed by atoms with Crippen molar-refractivity contribution in [3.8, 4) is 0 Å². The second kappa shape index (κ2) is 15.7. The van der Waals surface area contributed by atoms with Crippen molar-refractivity contribution in [2.45, 2.75) is 89.9 Å². The molecule has 2 N–H and O–H groups in total. The number of halogens is 2. The van der Waals surface area contributed by atoms with Crippen LogP contribution in [0.25, 0.3) is 0 Å². The Morgan fingerprint density at radius 3 is 2.28 bits per heavy atom. The second-order valence-corrected chi connectivity index (χ2v) is 14.0. The summed E-state index contributed by atoms with van der Waals surface area (Å²) in [5.41, 5.74) is 2.68. The van der Waals surface area contributed by atoms with Crippen LogP contribution in [0.4, 0.5) is 4.39 Å². The van der Waals surface area contributed by atoms with Gasteiger partial charge in [0.2, 0.25) is 17.7 Å². The zero-order valence-corrected chi connectivity index (χ0v) is 28.2. The third-order valence-corrected chi connectivity index (χ3v) is 10.1. The Bertz CT molecular complexity index is 1370. The number of amides is 3. The quantitative estimate of drug-likeness (QED) is 0.387. The zero-order chi connectivity index (χ0) is 32.8. The standard InChI is InChI=1S/C36H49ClFN5O3/c1-24(2)23-43(29-11-16-41(17-12-29)25(3)44)30-13-18-42(19-14-30)36(46)34(20-27-8-9-28(37)21-32(27)38)40-35(45)22-33-31-7-5-4-6-26(31)10-15-39-33/h4-9,21,24,29-30,33-34,39H,10-20,22-23H2,1-3H3,(H,40,45)/t33-,34+/m0/s1. The summed E-state index contributed by atoms with van der Waals surface area (Å²) in [6, 6.07) is 12.3. The Kier molecular flexibility index (Phi) is 11.7. The average Bonchev–Trinajstić information content (AvgIpc) is 3.04. The van der Waals surface area contributed by atoms with Crippen LogP contribution in [0.5, 0.6) is 0 Å². The lowest BCUT2D eigenvalue weighted by molar-refractivity contribution is -0.138. The third kappa shape index (κ3) is 8.66. The predicted molar refractivity (Wildman–Crippen MR) is 179 cm³/mol. The molecule has 3 aliphatic rings. The summed E-state index contributed by atoms with van der Waals surface area (Å²) in [5.74, 6) is -0.257. The van der Waals surface area contributed by atoms with E-state index in [4.69, 9.17) is 11.6 Å². The SMILES string of the molecule is CC(=O)N1CCC(N(CC(C)C)C2CCN(C(=O)[C@@H](Cc3ccc(Cl)cc3F)NC(=O)C[C@@H]3NCCc4ccccc43)CC2)CC1. The molecule has 2 atom stereocenters. The molecule has 2 aromatic carbocycles. The van der Waals surface area contributed by atoms with E-state index in [1.807, 2.05) is 28.0 Å². The lowest BCUT2D eigenvalue weighted by Crippen LogP contribution is -2.56. The van der Waals surface area contributed by atoms with E-state index in [2.05, 4.69) is 35.4 Å². The fraction of sp³-hybridized carbons (Fsp3) is 0.583. The first-order valence-corrected chi connectivity index (χ1v) is 17.3. The van der Waals surface area contributed by atoms with E-state index < -0.39 is 11.9 Å². The molecule has 3 amide bonds. The average molecular weight is 654 g/mol. The molecule has 8 nitrogen and oxygen atoms in total. The minimum atomic E-state index is -0.888. The molecule has 10 heteroatoms. The van der Waals surface area contributed by atoms with Crippen LogP contribution in [0.3, 0.4) is 0 Å². The van der Waals surface area contributed by atoms with Crippen molar-refractivity contribution >= 4 is 29.3 Å². The Balaban J connectivity index is 1.26. The first-order chi connectivity index (χ1) is 22.1. The first-order valence-electron chi connectivity index (χ1n) is 16.9. The highest BCUT2D eigenvalue weighted by molar-refractivity contribution is 6.30. The number of nitrogens with one attached hydrogen (secondary N) is 2. The minimum absolute atomic E-state index is 0.0520. The first kappa shape index (κ1) is 34.3. The van der Waals surface area contributed by atoms with Gasteiger partial charge in [-0.2, -0.15) is 0 Å². The number of fused-ring (bicyclic) bond motifs is 1. The topological polar surface area (TPSA) is 85.0 Å². The predicted octanol–water partition coefficient (Wildman–Crippen LogP) is 4.74. The minimum Gasteiger partial charge on any atom is -0.344 e. The van der Waals surface area contributed by atoms with Gasteiger partial charge in [0.05, 0.1) is 0 Å². The van der Waals surface area contributed by atoms with E-state index in [0.29, 0.717) is 36.7 Å². The van der Waals surface area contributed by atoms with Crippen molar-refractivity contribution in [1.82, 2.24) is 25.3 Å². The van der Waals surface area contributed by atoms with Crippen molar-refractivity contribution in [1.29, 1.82) is 0 Å². The maximum atomic E-state index is 14.9. The summed E-state index contributed by atoms with van der Waals surface area (Å²) in [5, 5.41) is 6.73. The number of hydrogen-bond acceptors (Lipinski definition) is 5.